The Hall–Kier alpha value is -1.13. The van der Waals surface area contributed by atoms with Crippen LogP contribution in [-0.2, 0) is 4.74 Å². The first-order chi connectivity index (χ1) is 8.59. The highest BCUT2D eigenvalue weighted by Gasteiger charge is 2.21. The lowest BCUT2D eigenvalue weighted by molar-refractivity contribution is 0.0853. The maximum atomic E-state index is 13.3. The van der Waals surface area contributed by atoms with Gasteiger partial charge in [0, 0.05) is 37.6 Å². The van der Waals surface area contributed by atoms with Crippen molar-refractivity contribution in [3.8, 4) is 0 Å². The van der Waals surface area contributed by atoms with E-state index in [1.165, 1.54) is 12.1 Å². The minimum Gasteiger partial charge on any atom is -0.389 e. The van der Waals surface area contributed by atoms with E-state index < -0.39 is 6.10 Å². The molecule has 1 heterocycles. The van der Waals surface area contributed by atoms with Crippen LogP contribution in [0.1, 0.15) is 31.4 Å². The zero-order valence-electron chi connectivity index (χ0n) is 10.9. The molecule has 1 N–H and O–H groups in total. The molecule has 1 fully saturated rings. The summed E-state index contributed by atoms with van der Waals surface area (Å²) in [5.41, 5.74) is 1.54. The summed E-state index contributed by atoms with van der Waals surface area (Å²) in [5.74, 6) is -0.310. The van der Waals surface area contributed by atoms with Gasteiger partial charge in [-0.25, -0.2) is 4.39 Å². The van der Waals surface area contributed by atoms with Gasteiger partial charge in [-0.05, 0) is 38.0 Å². The van der Waals surface area contributed by atoms with Crippen LogP contribution in [0.3, 0.4) is 0 Å². The second-order valence-corrected chi connectivity index (χ2v) is 4.83. The zero-order chi connectivity index (χ0) is 13.1. The summed E-state index contributed by atoms with van der Waals surface area (Å²) in [4.78, 5) is 2.13. The summed E-state index contributed by atoms with van der Waals surface area (Å²) in [6, 6.07) is 4.99. The summed E-state index contributed by atoms with van der Waals surface area (Å²) < 4.78 is 18.6. The summed E-state index contributed by atoms with van der Waals surface area (Å²) >= 11 is 0. The summed E-state index contributed by atoms with van der Waals surface area (Å²) in [6.07, 6.45) is 1.26. The Morgan fingerprint density at radius 2 is 2.06 bits per heavy atom. The van der Waals surface area contributed by atoms with Gasteiger partial charge in [0.2, 0.25) is 0 Å². The van der Waals surface area contributed by atoms with Crippen molar-refractivity contribution in [3.63, 3.8) is 0 Å². The van der Waals surface area contributed by atoms with E-state index in [9.17, 15) is 9.50 Å². The van der Waals surface area contributed by atoms with Crippen molar-refractivity contribution in [3.05, 3.63) is 29.6 Å². The number of benzene rings is 1. The maximum absolute atomic E-state index is 13.3. The fourth-order valence-electron chi connectivity index (χ4n) is 2.45. The Morgan fingerprint density at radius 1 is 1.39 bits per heavy atom. The lowest BCUT2D eigenvalue weighted by Gasteiger charge is -2.34. The van der Waals surface area contributed by atoms with Crippen molar-refractivity contribution >= 4 is 5.69 Å². The van der Waals surface area contributed by atoms with Gasteiger partial charge in [-0.3, -0.25) is 0 Å². The molecule has 0 unspecified atom stereocenters. The van der Waals surface area contributed by atoms with Crippen molar-refractivity contribution in [2.45, 2.75) is 31.9 Å². The Kier molecular flexibility index (Phi) is 4.19. The molecule has 100 valence electrons. The van der Waals surface area contributed by atoms with Crippen LogP contribution in [0.25, 0.3) is 0 Å². The lowest BCUT2D eigenvalue weighted by Crippen LogP contribution is -2.37. The highest BCUT2D eigenvalue weighted by Crippen LogP contribution is 2.29. The minimum atomic E-state index is -0.669. The molecule has 0 radical (unpaired) electrons. The number of hydrogen-bond donors (Lipinski definition) is 1. The normalized spacial score (nSPS) is 18.7. The smallest absolute Gasteiger partial charge is 0.123 e. The van der Waals surface area contributed by atoms with Gasteiger partial charge in [-0.2, -0.15) is 0 Å². The van der Waals surface area contributed by atoms with E-state index in [0.717, 1.165) is 31.7 Å². The molecule has 0 aromatic heterocycles. The average Bonchev–Trinajstić information content (AvgIpc) is 2.39. The molecule has 1 aromatic rings. The summed E-state index contributed by atoms with van der Waals surface area (Å²) in [7, 11) is 2.00. The number of aliphatic hydroxyl groups excluding tert-OH is 1. The van der Waals surface area contributed by atoms with E-state index in [2.05, 4.69) is 4.90 Å². The maximum Gasteiger partial charge on any atom is 0.123 e. The van der Waals surface area contributed by atoms with Crippen molar-refractivity contribution in [1.29, 1.82) is 0 Å². The first-order valence-electron chi connectivity index (χ1n) is 6.37. The molecule has 0 saturated carbocycles. The largest absolute Gasteiger partial charge is 0.389 e. The second-order valence-electron chi connectivity index (χ2n) is 4.83. The van der Waals surface area contributed by atoms with Gasteiger partial charge in [-0.15, -0.1) is 0 Å². The molecule has 2 rings (SSSR count). The van der Waals surface area contributed by atoms with Crippen LogP contribution in [0.15, 0.2) is 18.2 Å². The quantitative estimate of drug-likeness (QED) is 0.898. The zero-order valence-corrected chi connectivity index (χ0v) is 10.9. The molecular weight excluding hydrogens is 233 g/mol. The van der Waals surface area contributed by atoms with Crippen molar-refractivity contribution in [1.82, 2.24) is 0 Å². The first-order valence-corrected chi connectivity index (χ1v) is 6.37. The van der Waals surface area contributed by atoms with E-state index in [1.807, 2.05) is 7.05 Å². The van der Waals surface area contributed by atoms with E-state index >= 15 is 0 Å². The number of rotatable bonds is 3. The van der Waals surface area contributed by atoms with Crippen molar-refractivity contribution in [2.24, 2.45) is 0 Å². The van der Waals surface area contributed by atoms with Crippen LogP contribution in [0.5, 0.6) is 0 Å². The summed E-state index contributed by atoms with van der Waals surface area (Å²) in [5, 5.41) is 9.76. The molecule has 0 aliphatic carbocycles. The molecule has 18 heavy (non-hydrogen) atoms. The van der Waals surface area contributed by atoms with Gasteiger partial charge < -0.3 is 14.7 Å². The van der Waals surface area contributed by atoms with Crippen molar-refractivity contribution in [2.75, 3.05) is 25.2 Å². The van der Waals surface area contributed by atoms with Crippen LogP contribution in [-0.4, -0.2) is 31.4 Å². The molecule has 0 spiro atoms. The lowest BCUT2D eigenvalue weighted by atomic mass is 10.0. The Morgan fingerprint density at radius 3 is 2.67 bits per heavy atom. The molecule has 1 aliphatic rings. The van der Waals surface area contributed by atoms with Gasteiger partial charge in [0.25, 0.3) is 0 Å². The monoisotopic (exact) mass is 253 g/mol. The number of aliphatic hydroxyl groups is 1. The molecule has 1 saturated heterocycles. The van der Waals surface area contributed by atoms with E-state index in [0.29, 0.717) is 11.6 Å². The third-order valence-electron chi connectivity index (χ3n) is 3.56. The second kappa shape index (κ2) is 5.67. The third-order valence-corrected chi connectivity index (χ3v) is 3.56. The third kappa shape index (κ3) is 2.82. The highest BCUT2D eigenvalue weighted by molar-refractivity contribution is 5.55. The van der Waals surface area contributed by atoms with Crippen LogP contribution >= 0.6 is 0 Å². The Bertz CT molecular complexity index is 403. The summed E-state index contributed by atoms with van der Waals surface area (Å²) in [6.45, 7) is 3.19. The molecule has 1 atom stereocenters. The first kappa shape index (κ1) is 13.3. The SMILES string of the molecule is C[C@@H](O)c1cc(F)ccc1N(C)C1CCOCC1. The van der Waals surface area contributed by atoms with Gasteiger partial charge >= 0.3 is 0 Å². The van der Waals surface area contributed by atoms with E-state index in [1.54, 1.807) is 13.0 Å². The van der Waals surface area contributed by atoms with E-state index in [-0.39, 0.29) is 5.82 Å². The fourth-order valence-corrected chi connectivity index (χ4v) is 2.45. The predicted octanol–water partition coefficient (Wildman–Crippen LogP) is 2.49. The molecule has 4 heteroatoms. The number of hydrogen-bond acceptors (Lipinski definition) is 3. The molecule has 1 aromatic carbocycles. The van der Waals surface area contributed by atoms with Crippen LogP contribution < -0.4 is 4.90 Å². The Labute approximate surface area is 107 Å². The Balaban J connectivity index is 2.25. The van der Waals surface area contributed by atoms with Gasteiger partial charge in [0.1, 0.15) is 5.82 Å². The van der Waals surface area contributed by atoms with Crippen LogP contribution in [0.4, 0.5) is 10.1 Å². The van der Waals surface area contributed by atoms with Gasteiger partial charge in [-0.1, -0.05) is 0 Å². The minimum absolute atomic E-state index is 0.310. The van der Waals surface area contributed by atoms with Crippen LogP contribution in [0.2, 0.25) is 0 Å². The molecule has 0 amide bonds. The fraction of sp³-hybridized carbons (Fsp3) is 0.571. The number of halogens is 1. The molecular formula is C14H20FNO2. The molecule has 1 aliphatic heterocycles. The standard InChI is InChI=1S/C14H20FNO2/c1-10(17)13-9-11(15)3-4-14(13)16(2)12-5-7-18-8-6-12/h3-4,9-10,12,17H,5-8H2,1-2H3/t10-/m1/s1. The number of nitrogens with zero attached hydrogens (tertiary/aromatic N) is 1. The topological polar surface area (TPSA) is 32.7 Å². The average molecular weight is 253 g/mol. The molecule has 0 bridgehead atoms. The predicted molar refractivity (Wildman–Crippen MR) is 69.3 cm³/mol. The highest BCUT2D eigenvalue weighted by atomic mass is 19.1. The number of ether oxygens (including phenoxy) is 1. The van der Waals surface area contributed by atoms with Crippen LogP contribution in [0, 0.1) is 5.82 Å². The van der Waals surface area contributed by atoms with Crippen molar-refractivity contribution < 1.29 is 14.2 Å². The number of anilines is 1. The van der Waals surface area contributed by atoms with Gasteiger partial charge in [0.15, 0.2) is 0 Å². The van der Waals surface area contributed by atoms with E-state index in [4.69, 9.17) is 4.74 Å². The molecule has 3 nitrogen and oxygen atoms in total. The van der Waals surface area contributed by atoms with Gasteiger partial charge in [0.05, 0.1) is 6.10 Å².